The van der Waals surface area contributed by atoms with Crippen molar-refractivity contribution in [3.05, 3.63) is 152 Å². The van der Waals surface area contributed by atoms with E-state index in [1.54, 1.807) is 0 Å². The molecule has 0 amide bonds. The van der Waals surface area contributed by atoms with E-state index in [4.69, 9.17) is 15.0 Å². The normalized spacial score (nSPS) is 11.6. The molecular weight excluding hydrogens is 613 g/mol. The molecule has 2 aromatic heterocycles. The van der Waals surface area contributed by atoms with Gasteiger partial charge < -0.3 is 0 Å². The van der Waals surface area contributed by atoms with Crippen molar-refractivity contribution in [2.75, 3.05) is 0 Å². The molecule has 210 valence electrons. The van der Waals surface area contributed by atoms with E-state index in [1.165, 1.54) is 52.0 Å². The van der Waals surface area contributed by atoms with Crippen LogP contribution in [0.5, 0.6) is 0 Å². The molecule has 45 heavy (non-hydrogen) atoms. The summed E-state index contributed by atoms with van der Waals surface area (Å²) in [5.41, 5.74) is 5.54. The van der Waals surface area contributed by atoms with Gasteiger partial charge in [0, 0.05) is 0 Å². The molecule has 0 unspecified atom stereocenters. The topological polar surface area (TPSA) is 38.7 Å². The van der Waals surface area contributed by atoms with Crippen molar-refractivity contribution in [3.63, 3.8) is 0 Å². The number of rotatable bonds is 4. The zero-order chi connectivity index (χ0) is 29.7. The summed E-state index contributed by atoms with van der Waals surface area (Å²) in [6, 6.07) is 53.6. The first kappa shape index (κ1) is 26.0. The molecule has 0 radical (unpaired) electrons. The Bertz CT molecular complexity index is 2460. The molecule has 0 spiro atoms. The Balaban J connectivity index is 1.30. The van der Waals surface area contributed by atoms with Gasteiger partial charge in [0.05, 0.1) is 0 Å². The molecule has 9 rings (SSSR count). The van der Waals surface area contributed by atoms with Crippen LogP contribution in [0.4, 0.5) is 0 Å². The van der Waals surface area contributed by atoms with Crippen LogP contribution >= 0.6 is 0 Å². The summed E-state index contributed by atoms with van der Waals surface area (Å²) in [7, 11) is 0. The Morgan fingerprint density at radius 2 is 0.889 bits per heavy atom. The minimum atomic E-state index is 0.162. The Morgan fingerprint density at radius 1 is 0.356 bits per heavy atom. The van der Waals surface area contributed by atoms with Gasteiger partial charge in [-0.25, -0.2) is 0 Å². The zero-order valence-corrected chi connectivity index (χ0v) is 25.9. The first-order valence-electron chi connectivity index (χ1n) is 15.0. The Kier molecular flexibility index (Phi) is 6.15. The van der Waals surface area contributed by atoms with E-state index in [0.29, 0.717) is 17.5 Å². The van der Waals surface area contributed by atoms with Crippen molar-refractivity contribution >= 4 is 55.3 Å². The fourth-order valence-electron chi connectivity index (χ4n) is 6.31. The minimum absolute atomic E-state index is 0.162. The van der Waals surface area contributed by atoms with Crippen LogP contribution in [0.2, 0.25) is 0 Å². The standard InChI is InChI=1S/C41H25N3Se/c1-4-11-26(12-5-1)32-17-10-18-33-34-24-23-28-21-19-27-20-22-31(25-35(27)36(28)38(34)45-37(32)33)41-43-39(29-13-6-2-7-14-29)42-40(44-41)30-15-8-3-9-16-30/h1-25H. The number of benzene rings is 7. The first-order valence-corrected chi connectivity index (χ1v) is 16.7. The molecule has 3 nitrogen and oxygen atoms in total. The van der Waals surface area contributed by atoms with Crippen molar-refractivity contribution in [2.45, 2.75) is 0 Å². The summed E-state index contributed by atoms with van der Waals surface area (Å²) < 4.78 is 2.91. The van der Waals surface area contributed by atoms with Crippen molar-refractivity contribution in [1.82, 2.24) is 15.0 Å². The van der Waals surface area contributed by atoms with Crippen LogP contribution in [-0.2, 0) is 0 Å². The average Bonchev–Trinajstić information content (AvgIpc) is 3.51. The predicted octanol–water partition coefficient (Wildman–Crippen LogP) is 10.2. The van der Waals surface area contributed by atoms with E-state index >= 15 is 0 Å². The predicted molar refractivity (Wildman–Crippen MR) is 189 cm³/mol. The van der Waals surface area contributed by atoms with Crippen molar-refractivity contribution in [1.29, 1.82) is 0 Å². The fourth-order valence-corrected chi connectivity index (χ4v) is 9.26. The van der Waals surface area contributed by atoms with Gasteiger partial charge in [0.2, 0.25) is 0 Å². The fraction of sp³-hybridized carbons (Fsp3) is 0. The molecule has 0 fully saturated rings. The summed E-state index contributed by atoms with van der Waals surface area (Å²) in [5.74, 6) is 2.02. The van der Waals surface area contributed by atoms with Crippen LogP contribution in [0.1, 0.15) is 0 Å². The molecule has 0 aliphatic rings. The molecule has 0 atom stereocenters. The van der Waals surface area contributed by atoms with E-state index in [2.05, 4.69) is 115 Å². The summed E-state index contributed by atoms with van der Waals surface area (Å²) in [6.45, 7) is 0. The quantitative estimate of drug-likeness (QED) is 0.142. The Labute approximate surface area is 266 Å². The first-order chi connectivity index (χ1) is 22.3. The number of hydrogen-bond donors (Lipinski definition) is 0. The van der Waals surface area contributed by atoms with Gasteiger partial charge >= 0.3 is 267 Å². The molecule has 9 aromatic rings. The van der Waals surface area contributed by atoms with Gasteiger partial charge in [-0.05, 0) is 0 Å². The van der Waals surface area contributed by atoms with Gasteiger partial charge in [0.25, 0.3) is 0 Å². The number of hydrogen-bond acceptors (Lipinski definition) is 3. The third kappa shape index (κ3) is 4.46. The summed E-state index contributed by atoms with van der Waals surface area (Å²) in [6.07, 6.45) is 0. The monoisotopic (exact) mass is 639 g/mol. The van der Waals surface area contributed by atoms with Crippen LogP contribution in [0, 0.1) is 0 Å². The third-order valence-electron chi connectivity index (χ3n) is 8.51. The van der Waals surface area contributed by atoms with Gasteiger partial charge in [-0.2, -0.15) is 0 Å². The molecule has 7 aromatic carbocycles. The number of nitrogens with zero attached hydrogens (tertiary/aromatic N) is 3. The number of fused-ring (bicyclic) bond motifs is 7. The van der Waals surface area contributed by atoms with Gasteiger partial charge in [-0.15, -0.1) is 0 Å². The molecular formula is C41H25N3Se. The van der Waals surface area contributed by atoms with E-state index in [-0.39, 0.29) is 14.5 Å². The van der Waals surface area contributed by atoms with Gasteiger partial charge in [0.15, 0.2) is 0 Å². The van der Waals surface area contributed by atoms with Gasteiger partial charge in [0.1, 0.15) is 0 Å². The summed E-state index contributed by atoms with van der Waals surface area (Å²) >= 11 is 0.162. The van der Waals surface area contributed by atoms with E-state index in [0.717, 1.165) is 16.7 Å². The van der Waals surface area contributed by atoms with Crippen molar-refractivity contribution in [2.24, 2.45) is 0 Å². The van der Waals surface area contributed by atoms with Crippen LogP contribution < -0.4 is 0 Å². The van der Waals surface area contributed by atoms with E-state index < -0.39 is 0 Å². The molecule has 0 aliphatic heterocycles. The third-order valence-corrected chi connectivity index (χ3v) is 11.2. The molecule has 4 heteroatoms. The van der Waals surface area contributed by atoms with Gasteiger partial charge in [-0.1, -0.05) is 0 Å². The van der Waals surface area contributed by atoms with Crippen LogP contribution in [-0.4, -0.2) is 29.5 Å². The second-order valence-corrected chi connectivity index (χ2v) is 13.4. The molecule has 0 aliphatic carbocycles. The van der Waals surface area contributed by atoms with Gasteiger partial charge in [-0.3, -0.25) is 0 Å². The molecule has 0 saturated heterocycles. The molecule has 0 saturated carbocycles. The second-order valence-electron chi connectivity index (χ2n) is 11.2. The van der Waals surface area contributed by atoms with Crippen LogP contribution in [0.25, 0.3) is 86.1 Å². The summed E-state index contributed by atoms with van der Waals surface area (Å²) in [4.78, 5) is 14.9. The average molecular weight is 639 g/mol. The van der Waals surface area contributed by atoms with Crippen LogP contribution in [0.15, 0.2) is 152 Å². The number of aromatic nitrogens is 3. The summed E-state index contributed by atoms with van der Waals surface area (Å²) in [5, 5.41) is 7.77. The van der Waals surface area contributed by atoms with Crippen molar-refractivity contribution in [3.8, 4) is 45.3 Å². The Hall–Kier alpha value is -5.41. The SMILES string of the molecule is c1ccc(-c2nc(-c3ccccc3)nc(-c3ccc4ccc5ccc6c7cccc(-c8ccccc8)c7[se]c6c5c4c3)n2)cc1. The van der Waals surface area contributed by atoms with Crippen molar-refractivity contribution < 1.29 is 0 Å². The van der Waals surface area contributed by atoms with E-state index in [9.17, 15) is 0 Å². The molecule has 2 heterocycles. The molecule has 0 bridgehead atoms. The second kappa shape index (κ2) is 10.6. The molecule has 0 N–H and O–H groups in total. The zero-order valence-electron chi connectivity index (χ0n) is 24.2. The maximum atomic E-state index is 5.02. The van der Waals surface area contributed by atoms with E-state index in [1.807, 2.05) is 36.4 Å². The maximum absolute atomic E-state index is 5.02. The van der Waals surface area contributed by atoms with Crippen LogP contribution in [0.3, 0.4) is 0 Å². The Morgan fingerprint density at radius 3 is 1.56 bits per heavy atom.